The number of carbonyl (C=O) groups is 1. The van der Waals surface area contributed by atoms with Gasteiger partial charge < -0.3 is 4.90 Å². The lowest BCUT2D eigenvalue weighted by Gasteiger charge is -2.34. The molecule has 1 aromatic heterocycles. The number of hydrogen-bond donors (Lipinski definition) is 0. The predicted octanol–water partition coefficient (Wildman–Crippen LogP) is 2.50. The topological polar surface area (TPSA) is 41.4 Å². The van der Waals surface area contributed by atoms with Gasteiger partial charge in [0.2, 0.25) is 5.91 Å². The maximum absolute atomic E-state index is 12.4. The van der Waals surface area contributed by atoms with Gasteiger partial charge in [-0.3, -0.25) is 14.4 Å². The summed E-state index contributed by atoms with van der Waals surface area (Å²) in [6.45, 7) is 8.48. The molecule has 6 heteroatoms. The minimum absolute atomic E-state index is 0.101. The fourth-order valence-corrected chi connectivity index (χ4v) is 3.19. The van der Waals surface area contributed by atoms with Gasteiger partial charge in [-0.25, -0.2) is 0 Å². The van der Waals surface area contributed by atoms with Crippen LogP contribution in [0.15, 0.2) is 30.5 Å². The number of hydrogen-bond acceptors (Lipinski definition) is 3. The molecule has 1 aliphatic rings. The Labute approximate surface area is 147 Å². The number of aromatic nitrogens is 2. The molecule has 0 N–H and O–H groups in total. The van der Waals surface area contributed by atoms with E-state index in [0.717, 1.165) is 38.4 Å². The number of carbonyl (C=O) groups excluding carboxylic acids is 1. The lowest BCUT2D eigenvalue weighted by Crippen LogP contribution is -2.49. The minimum Gasteiger partial charge on any atom is -0.339 e. The summed E-state index contributed by atoms with van der Waals surface area (Å²) in [4.78, 5) is 16.7. The van der Waals surface area contributed by atoms with Gasteiger partial charge in [-0.15, -0.1) is 0 Å². The molecule has 24 heavy (non-hydrogen) atoms. The van der Waals surface area contributed by atoms with Crippen LogP contribution < -0.4 is 0 Å². The zero-order valence-electron chi connectivity index (χ0n) is 14.2. The average Bonchev–Trinajstić information content (AvgIpc) is 2.86. The van der Waals surface area contributed by atoms with Crippen molar-refractivity contribution in [1.29, 1.82) is 0 Å². The first-order valence-corrected chi connectivity index (χ1v) is 8.64. The summed E-state index contributed by atoms with van der Waals surface area (Å²) < 4.78 is 1.62. The van der Waals surface area contributed by atoms with E-state index >= 15 is 0 Å². The second kappa shape index (κ2) is 7.36. The van der Waals surface area contributed by atoms with E-state index in [1.165, 1.54) is 11.1 Å². The third-order valence-corrected chi connectivity index (χ3v) is 4.77. The molecular formula is C18H23ClN4O. The number of nitrogens with zero attached hydrogens (tertiary/aromatic N) is 4. The molecular weight excluding hydrogens is 324 g/mol. The van der Waals surface area contributed by atoms with Crippen molar-refractivity contribution in [3.63, 3.8) is 0 Å². The van der Waals surface area contributed by atoms with E-state index in [9.17, 15) is 4.79 Å². The van der Waals surface area contributed by atoms with Crippen molar-refractivity contribution in [1.82, 2.24) is 19.6 Å². The van der Waals surface area contributed by atoms with Crippen LogP contribution in [0.4, 0.5) is 0 Å². The first kappa shape index (κ1) is 17.0. The SMILES string of the molecule is Cc1cccc(CN2CCN(C(=O)Cn3cc(Cl)c(C)n3)CC2)c1. The summed E-state index contributed by atoms with van der Waals surface area (Å²) in [5.41, 5.74) is 3.37. The summed E-state index contributed by atoms with van der Waals surface area (Å²) in [5.74, 6) is 0.101. The molecule has 1 saturated heterocycles. The maximum atomic E-state index is 12.4. The van der Waals surface area contributed by atoms with Gasteiger partial charge in [-0.2, -0.15) is 5.10 Å². The van der Waals surface area contributed by atoms with E-state index in [1.54, 1.807) is 10.9 Å². The van der Waals surface area contributed by atoms with E-state index in [1.807, 2.05) is 11.8 Å². The molecule has 0 bridgehead atoms. The van der Waals surface area contributed by atoms with Gasteiger partial charge in [-0.1, -0.05) is 41.4 Å². The lowest BCUT2D eigenvalue weighted by atomic mass is 10.1. The van der Waals surface area contributed by atoms with Gasteiger partial charge in [0.05, 0.1) is 10.7 Å². The molecule has 3 rings (SSSR count). The van der Waals surface area contributed by atoms with E-state index in [0.29, 0.717) is 5.02 Å². The molecule has 0 saturated carbocycles. The molecule has 0 atom stereocenters. The van der Waals surface area contributed by atoms with E-state index < -0.39 is 0 Å². The zero-order chi connectivity index (χ0) is 17.1. The molecule has 1 aromatic carbocycles. The number of piperazine rings is 1. The molecule has 0 spiro atoms. The van der Waals surface area contributed by atoms with Crippen molar-refractivity contribution in [2.24, 2.45) is 0 Å². The van der Waals surface area contributed by atoms with Crippen LogP contribution in [0.5, 0.6) is 0 Å². The largest absolute Gasteiger partial charge is 0.339 e. The van der Waals surface area contributed by atoms with Crippen LogP contribution in [0.1, 0.15) is 16.8 Å². The standard InChI is InChI=1S/C18H23ClN4O/c1-14-4-3-5-16(10-14)11-21-6-8-22(9-7-21)18(24)13-23-12-17(19)15(2)20-23/h3-5,10,12H,6-9,11,13H2,1-2H3. The van der Waals surface area contributed by atoms with Crippen LogP contribution in [0.3, 0.4) is 0 Å². The summed E-state index contributed by atoms with van der Waals surface area (Å²) in [6, 6.07) is 8.60. The van der Waals surface area contributed by atoms with E-state index in [2.05, 4.69) is 41.2 Å². The van der Waals surface area contributed by atoms with Gasteiger partial charge >= 0.3 is 0 Å². The molecule has 2 aromatic rings. The van der Waals surface area contributed by atoms with Gasteiger partial charge in [0.25, 0.3) is 0 Å². The first-order chi connectivity index (χ1) is 11.5. The van der Waals surface area contributed by atoms with Crippen LogP contribution >= 0.6 is 11.6 Å². The molecule has 1 amide bonds. The molecule has 0 unspecified atom stereocenters. The van der Waals surface area contributed by atoms with Crippen molar-refractivity contribution < 1.29 is 4.79 Å². The van der Waals surface area contributed by atoms with Crippen molar-refractivity contribution in [3.8, 4) is 0 Å². The molecule has 0 aliphatic carbocycles. The zero-order valence-corrected chi connectivity index (χ0v) is 15.0. The second-order valence-electron chi connectivity index (χ2n) is 6.41. The Hall–Kier alpha value is -1.85. The highest BCUT2D eigenvalue weighted by molar-refractivity contribution is 6.31. The van der Waals surface area contributed by atoms with Crippen molar-refractivity contribution >= 4 is 17.5 Å². The van der Waals surface area contributed by atoms with Gasteiger partial charge in [0.15, 0.2) is 0 Å². The molecule has 5 nitrogen and oxygen atoms in total. The van der Waals surface area contributed by atoms with Crippen molar-refractivity contribution in [3.05, 3.63) is 52.3 Å². The second-order valence-corrected chi connectivity index (χ2v) is 6.81. The Kier molecular flexibility index (Phi) is 5.21. The summed E-state index contributed by atoms with van der Waals surface area (Å²) in [5, 5.41) is 4.85. The van der Waals surface area contributed by atoms with Gasteiger partial charge in [-0.05, 0) is 19.4 Å². The number of amides is 1. The average molecular weight is 347 g/mol. The Morgan fingerprint density at radius 3 is 2.58 bits per heavy atom. The molecule has 1 fully saturated rings. The maximum Gasteiger partial charge on any atom is 0.244 e. The summed E-state index contributed by atoms with van der Waals surface area (Å²) in [7, 11) is 0. The minimum atomic E-state index is 0.101. The van der Waals surface area contributed by atoms with Crippen LogP contribution in [-0.2, 0) is 17.9 Å². The first-order valence-electron chi connectivity index (χ1n) is 8.26. The van der Waals surface area contributed by atoms with Gasteiger partial charge in [0, 0.05) is 38.9 Å². The molecule has 0 radical (unpaired) electrons. The third-order valence-electron chi connectivity index (χ3n) is 4.40. The highest BCUT2D eigenvalue weighted by Crippen LogP contribution is 2.13. The Balaban J connectivity index is 1.50. The fourth-order valence-electron chi connectivity index (χ4n) is 3.04. The lowest BCUT2D eigenvalue weighted by molar-refractivity contribution is -0.133. The highest BCUT2D eigenvalue weighted by atomic mass is 35.5. The Bertz CT molecular complexity index is 700. The number of aryl methyl sites for hydroxylation is 2. The molecule has 1 aliphatic heterocycles. The normalized spacial score (nSPS) is 15.7. The summed E-state index contributed by atoms with van der Waals surface area (Å²) in [6.07, 6.45) is 1.71. The highest BCUT2D eigenvalue weighted by Gasteiger charge is 2.21. The molecule has 2 heterocycles. The Morgan fingerprint density at radius 2 is 1.96 bits per heavy atom. The van der Waals surface area contributed by atoms with E-state index in [4.69, 9.17) is 11.6 Å². The fraction of sp³-hybridized carbons (Fsp3) is 0.444. The number of rotatable bonds is 4. The van der Waals surface area contributed by atoms with Crippen molar-refractivity contribution in [2.45, 2.75) is 26.9 Å². The quantitative estimate of drug-likeness (QED) is 0.854. The van der Waals surface area contributed by atoms with Crippen LogP contribution in [0, 0.1) is 13.8 Å². The smallest absolute Gasteiger partial charge is 0.244 e. The molecule has 128 valence electrons. The number of benzene rings is 1. The number of halogens is 1. The summed E-state index contributed by atoms with van der Waals surface area (Å²) >= 11 is 5.99. The van der Waals surface area contributed by atoms with Crippen LogP contribution in [-0.4, -0.2) is 51.7 Å². The van der Waals surface area contributed by atoms with Crippen LogP contribution in [0.25, 0.3) is 0 Å². The van der Waals surface area contributed by atoms with Crippen molar-refractivity contribution in [2.75, 3.05) is 26.2 Å². The van der Waals surface area contributed by atoms with Gasteiger partial charge in [0.1, 0.15) is 6.54 Å². The van der Waals surface area contributed by atoms with Crippen LogP contribution in [0.2, 0.25) is 5.02 Å². The third kappa shape index (κ3) is 4.16. The predicted molar refractivity (Wildman–Crippen MR) is 95.0 cm³/mol. The Morgan fingerprint density at radius 1 is 1.21 bits per heavy atom. The monoisotopic (exact) mass is 346 g/mol. The van der Waals surface area contributed by atoms with E-state index in [-0.39, 0.29) is 12.5 Å².